The minimum absolute atomic E-state index is 0.154. The van der Waals surface area contributed by atoms with Crippen LogP contribution in [0.2, 0.25) is 0 Å². The van der Waals surface area contributed by atoms with Crippen molar-refractivity contribution in [1.29, 1.82) is 0 Å². The Bertz CT molecular complexity index is 331. The van der Waals surface area contributed by atoms with Crippen molar-refractivity contribution in [3.63, 3.8) is 0 Å². The Morgan fingerprint density at radius 2 is 2.00 bits per heavy atom. The molecule has 0 radical (unpaired) electrons. The first-order valence-corrected chi connectivity index (χ1v) is 5.20. The standard InChI is InChI=1S/C12H16O4/c1-9(8-13)6-7-16-11-4-2-10(3-5-11)12(14)15/h2-5,9,13H,6-8H2,1H3,(H,14,15). The Morgan fingerprint density at radius 1 is 1.38 bits per heavy atom. The number of benzene rings is 1. The first-order valence-electron chi connectivity index (χ1n) is 5.20. The Balaban J connectivity index is 2.40. The van der Waals surface area contributed by atoms with Crippen LogP contribution in [0.15, 0.2) is 24.3 Å². The third-order valence-corrected chi connectivity index (χ3v) is 2.29. The number of aliphatic hydroxyl groups is 1. The first-order chi connectivity index (χ1) is 7.63. The van der Waals surface area contributed by atoms with Gasteiger partial charge >= 0.3 is 5.97 Å². The number of aromatic carboxylic acids is 1. The van der Waals surface area contributed by atoms with E-state index >= 15 is 0 Å². The van der Waals surface area contributed by atoms with E-state index in [2.05, 4.69) is 0 Å². The first kappa shape index (κ1) is 12.5. The van der Waals surface area contributed by atoms with E-state index in [1.54, 1.807) is 12.1 Å². The number of carboxylic acid groups (broad SMARTS) is 1. The van der Waals surface area contributed by atoms with Crippen molar-refractivity contribution in [3.05, 3.63) is 29.8 Å². The molecule has 4 heteroatoms. The second kappa shape index (κ2) is 6.12. The van der Waals surface area contributed by atoms with Crippen LogP contribution in [0.3, 0.4) is 0 Å². The van der Waals surface area contributed by atoms with Crippen molar-refractivity contribution in [2.24, 2.45) is 5.92 Å². The van der Waals surface area contributed by atoms with Gasteiger partial charge in [-0.2, -0.15) is 0 Å². The average Bonchev–Trinajstić information content (AvgIpc) is 2.29. The van der Waals surface area contributed by atoms with E-state index in [0.29, 0.717) is 12.4 Å². The third-order valence-electron chi connectivity index (χ3n) is 2.29. The number of carboxylic acids is 1. The molecule has 0 aromatic heterocycles. The van der Waals surface area contributed by atoms with Crippen LogP contribution in [0.25, 0.3) is 0 Å². The SMILES string of the molecule is CC(CO)CCOc1ccc(C(=O)O)cc1. The van der Waals surface area contributed by atoms with Crippen molar-refractivity contribution in [2.45, 2.75) is 13.3 Å². The molecule has 0 amide bonds. The fraction of sp³-hybridized carbons (Fsp3) is 0.417. The summed E-state index contributed by atoms with van der Waals surface area (Å²) in [7, 11) is 0. The van der Waals surface area contributed by atoms with E-state index in [9.17, 15) is 4.79 Å². The zero-order chi connectivity index (χ0) is 12.0. The van der Waals surface area contributed by atoms with Gasteiger partial charge in [0.2, 0.25) is 0 Å². The van der Waals surface area contributed by atoms with E-state index in [1.165, 1.54) is 12.1 Å². The van der Waals surface area contributed by atoms with E-state index < -0.39 is 5.97 Å². The number of aliphatic hydroxyl groups excluding tert-OH is 1. The van der Waals surface area contributed by atoms with Gasteiger partial charge in [0, 0.05) is 6.61 Å². The van der Waals surface area contributed by atoms with E-state index in [0.717, 1.165) is 6.42 Å². The van der Waals surface area contributed by atoms with Crippen molar-refractivity contribution in [1.82, 2.24) is 0 Å². The molecule has 1 unspecified atom stereocenters. The molecule has 1 aromatic rings. The van der Waals surface area contributed by atoms with Crippen LogP contribution < -0.4 is 4.74 Å². The zero-order valence-corrected chi connectivity index (χ0v) is 9.22. The molecule has 0 saturated heterocycles. The molecule has 2 N–H and O–H groups in total. The van der Waals surface area contributed by atoms with Gasteiger partial charge < -0.3 is 14.9 Å². The van der Waals surface area contributed by atoms with E-state index in [1.807, 2.05) is 6.92 Å². The molecule has 88 valence electrons. The molecule has 0 aliphatic rings. The van der Waals surface area contributed by atoms with E-state index in [-0.39, 0.29) is 18.1 Å². The summed E-state index contributed by atoms with van der Waals surface area (Å²) >= 11 is 0. The molecule has 0 bridgehead atoms. The van der Waals surface area contributed by atoms with Crippen molar-refractivity contribution in [3.8, 4) is 5.75 Å². The number of ether oxygens (including phenoxy) is 1. The Morgan fingerprint density at radius 3 is 2.50 bits per heavy atom. The predicted octanol–water partition coefficient (Wildman–Crippen LogP) is 1.78. The Labute approximate surface area is 94.5 Å². The summed E-state index contributed by atoms with van der Waals surface area (Å²) in [5, 5.41) is 17.5. The van der Waals surface area contributed by atoms with Crippen LogP contribution in [0.4, 0.5) is 0 Å². The van der Waals surface area contributed by atoms with Gasteiger partial charge in [0.25, 0.3) is 0 Å². The summed E-state index contributed by atoms with van der Waals surface area (Å²) in [6, 6.07) is 6.28. The van der Waals surface area contributed by atoms with Crippen LogP contribution >= 0.6 is 0 Å². The molecule has 1 aromatic carbocycles. The van der Waals surface area contributed by atoms with Gasteiger partial charge in [0.1, 0.15) is 5.75 Å². The Hall–Kier alpha value is -1.55. The lowest BCUT2D eigenvalue weighted by Crippen LogP contribution is -2.07. The largest absolute Gasteiger partial charge is 0.494 e. The highest BCUT2D eigenvalue weighted by molar-refractivity contribution is 5.87. The lowest BCUT2D eigenvalue weighted by molar-refractivity contribution is 0.0697. The second-order valence-electron chi connectivity index (χ2n) is 3.75. The van der Waals surface area contributed by atoms with Gasteiger partial charge in [0.05, 0.1) is 12.2 Å². The summed E-state index contributed by atoms with van der Waals surface area (Å²) in [6.07, 6.45) is 0.775. The van der Waals surface area contributed by atoms with Gasteiger partial charge in [-0.05, 0) is 36.6 Å². The minimum Gasteiger partial charge on any atom is -0.494 e. The van der Waals surface area contributed by atoms with Gasteiger partial charge in [-0.3, -0.25) is 0 Å². The van der Waals surface area contributed by atoms with Crippen molar-refractivity contribution in [2.75, 3.05) is 13.2 Å². The smallest absolute Gasteiger partial charge is 0.335 e. The molecular formula is C12H16O4. The molecule has 0 saturated carbocycles. The highest BCUT2D eigenvalue weighted by Crippen LogP contribution is 2.13. The highest BCUT2D eigenvalue weighted by Gasteiger charge is 2.03. The maximum atomic E-state index is 10.6. The number of hydrogen-bond donors (Lipinski definition) is 2. The third kappa shape index (κ3) is 3.90. The maximum Gasteiger partial charge on any atom is 0.335 e. The van der Waals surface area contributed by atoms with Crippen molar-refractivity contribution >= 4 is 5.97 Å². The van der Waals surface area contributed by atoms with Gasteiger partial charge in [-0.1, -0.05) is 6.92 Å². The zero-order valence-electron chi connectivity index (χ0n) is 9.22. The molecule has 0 aliphatic heterocycles. The molecule has 16 heavy (non-hydrogen) atoms. The van der Waals surface area contributed by atoms with Gasteiger partial charge in [-0.15, -0.1) is 0 Å². The fourth-order valence-corrected chi connectivity index (χ4v) is 1.16. The van der Waals surface area contributed by atoms with Crippen LogP contribution in [-0.4, -0.2) is 29.4 Å². The lowest BCUT2D eigenvalue weighted by atomic mass is 10.1. The summed E-state index contributed by atoms with van der Waals surface area (Å²) in [6.45, 7) is 2.62. The monoisotopic (exact) mass is 224 g/mol. The summed E-state index contributed by atoms with van der Waals surface area (Å²) in [5.74, 6) is -0.0751. The maximum absolute atomic E-state index is 10.6. The Kier molecular flexibility index (Phi) is 4.79. The molecule has 0 aliphatic carbocycles. The van der Waals surface area contributed by atoms with Crippen LogP contribution in [0.5, 0.6) is 5.75 Å². The average molecular weight is 224 g/mol. The highest BCUT2D eigenvalue weighted by atomic mass is 16.5. The molecule has 1 rings (SSSR count). The summed E-state index contributed by atoms with van der Waals surface area (Å²) < 4.78 is 5.41. The summed E-state index contributed by atoms with van der Waals surface area (Å²) in [5.41, 5.74) is 0.246. The second-order valence-corrected chi connectivity index (χ2v) is 3.75. The van der Waals surface area contributed by atoms with Crippen LogP contribution in [-0.2, 0) is 0 Å². The number of rotatable bonds is 6. The molecule has 0 fully saturated rings. The number of carbonyl (C=O) groups is 1. The minimum atomic E-state index is -0.944. The molecular weight excluding hydrogens is 208 g/mol. The topological polar surface area (TPSA) is 66.8 Å². The fourth-order valence-electron chi connectivity index (χ4n) is 1.16. The van der Waals surface area contributed by atoms with Crippen LogP contribution in [0.1, 0.15) is 23.7 Å². The molecule has 0 spiro atoms. The van der Waals surface area contributed by atoms with Gasteiger partial charge in [-0.25, -0.2) is 4.79 Å². The lowest BCUT2D eigenvalue weighted by Gasteiger charge is -2.09. The normalized spacial score (nSPS) is 12.1. The predicted molar refractivity (Wildman–Crippen MR) is 59.8 cm³/mol. The molecule has 1 atom stereocenters. The molecule has 4 nitrogen and oxygen atoms in total. The summed E-state index contributed by atoms with van der Waals surface area (Å²) in [4.78, 5) is 10.6. The quantitative estimate of drug-likeness (QED) is 0.773. The van der Waals surface area contributed by atoms with Gasteiger partial charge in [0.15, 0.2) is 0 Å². The van der Waals surface area contributed by atoms with E-state index in [4.69, 9.17) is 14.9 Å². The van der Waals surface area contributed by atoms with Crippen LogP contribution in [0, 0.1) is 5.92 Å². The number of hydrogen-bond acceptors (Lipinski definition) is 3. The van der Waals surface area contributed by atoms with Crippen molar-refractivity contribution < 1.29 is 19.7 Å². The molecule has 0 heterocycles.